The van der Waals surface area contributed by atoms with Crippen LogP contribution < -0.4 is 5.32 Å². The van der Waals surface area contributed by atoms with E-state index < -0.39 is 0 Å². The minimum atomic E-state index is 0.214. The molecule has 0 saturated carbocycles. The molecule has 1 unspecified atom stereocenters. The fraction of sp³-hybridized carbons (Fsp3) is 0.375. The molecule has 106 valence electrons. The Morgan fingerprint density at radius 3 is 2.85 bits per heavy atom. The van der Waals surface area contributed by atoms with Gasteiger partial charge in [-0.25, -0.2) is 0 Å². The Labute approximate surface area is 137 Å². The first-order valence-electron chi connectivity index (χ1n) is 7.00. The summed E-state index contributed by atoms with van der Waals surface area (Å²) < 4.78 is 1.39. The van der Waals surface area contributed by atoms with Crippen LogP contribution >= 0.6 is 33.9 Å². The molecule has 0 fully saturated rings. The summed E-state index contributed by atoms with van der Waals surface area (Å²) in [4.78, 5) is 1.55. The van der Waals surface area contributed by atoms with E-state index in [2.05, 4.69) is 58.2 Å². The number of aryl methyl sites for hydroxylation is 1. The maximum Gasteiger partial charge on any atom is 0.0660 e. The van der Waals surface area contributed by atoms with Crippen LogP contribution in [0.4, 0.5) is 5.69 Å². The predicted molar refractivity (Wildman–Crippen MR) is 93.6 cm³/mol. The first kappa shape index (κ1) is 14.4. The number of hydrogen-bond acceptors (Lipinski definition) is 3. The first-order valence-corrected chi connectivity index (χ1v) is 8.90. The third-order valence-corrected chi connectivity index (χ3v) is 5.75. The number of aliphatic hydroxyl groups is 1. The lowest BCUT2D eigenvalue weighted by atomic mass is 9.94. The molecular formula is C16H18INOS. The van der Waals surface area contributed by atoms with Crippen molar-refractivity contribution in [2.75, 3.05) is 11.9 Å². The van der Waals surface area contributed by atoms with E-state index in [9.17, 15) is 0 Å². The van der Waals surface area contributed by atoms with E-state index in [0.29, 0.717) is 6.04 Å². The first-order chi connectivity index (χ1) is 9.76. The second kappa shape index (κ2) is 6.45. The normalized spacial score (nSPS) is 17.8. The Balaban J connectivity index is 1.75. The van der Waals surface area contributed by atoms with Crippen LogP contribution in [0.15, 0.2) is 30.3 Å². The van der Waals surface area contributed by atoms with Gasteiger partial charge in [-0.05, 0) is 77.6 Å². The lowest BCUT2D eigenvalue weighted by Gasteiger charge is -2.24. The zero-order valence-corrected chi connectivity index (χ0v) is 14.2. The van der Waals surface area contributed by atoms with Crippen LogP contribution in [-0.4, -0.2) is 11.7 Å². The molecule has 4 heteroatoms. The lowest BCUT2D eigenvalue weighted by molar-refractivity contribution is 0.299. The average molecular weight is 399 g/mol. The van der Waals surface area contributed by atoms with E-state index >= 15 is 0 Å². The number of nitrogens with one attached hydrogen (secondary N) is 1. The SMILES string of the molecule is OCCc1ccc(NC2CCCc3sc(I)cc32)cc1. The highest BCUT2D eigenvalue weighted by molar-refractivity contribution is 14.1. The number of rotatable bonds is 4. The van der Waals surface area contributed by atoms with Gasteiger partial charge in [-0.1, -0.05) is 12.1 Å². The minimum absolute atomic E-state index is 0.214. The molecule has 0 saturated heterocycles. The Morgan fingerprint density at radius 2 is 2.10 bits per heavy atom. The fourth-order valence-corrected chi connectivity index (χ4v) is 4.89. The Kier molecular flexibility index (Phi) is 4.63. The van der Waals surface area contributed by atoms with E-state index in [0.717, 1.165) is 6.42 Å². The number of fused-ring (bicyclic) bond motifs is 1. The van der Waals surface area contributed by atoms with Crippen molar-refractivity contribution in [1.82, 2.24) is 0 Å². The molecule has 1 aliphatic carbocycles. The van der Waals surface area contributed by atoms with Crippen LogP contribution in [0.1, 0.15) is 34.9 Å². The van der Waals surface area contributed by atoms with E-state index in [1.807, 2.05) is 11.3 Å². The highest BCUT2D eigenvalue weighted by atomic mass is 127. The van der Waals surface area contributed by atoms with Crippen LogP contribution in [0.25, 0.3) is 0 Å². The van der Waals surface area contributed by atoms with Crippen LogP contribution in [0.5, 0.6) is 0 Å². The van der Waals surface area contributed by atoms with Gasteiger partial charge in [-0.3, -0.25) is 0 Å². The molecular weight excluding hydrogens is 381 g/mol. The molecule has 20 heavy (non-hydrogen) atoms. The third kappa shape index (κ3) is 3.18. The summed E-state index contributed by atoms with van der Waals surface area (Å²) in [7, 11) is 0. The lowest BCUT2D eigenvalue weighted by Crippen LogP contribution is -2.15. The number of anilines is 1. The summed E-state index contributed by atoms with van der Waals surface area (Å²) in [6.07, 6.45) is 4.44. The maximum atomic E-state index is 8.95. The summed E-state index contributed by atoms with van der Waals surface area (Å²) in [6.45, 7) is 0.214. The van der Waals surface area contributed by atoms with Gasteiger partial charge in [0.2, 0.25) is 0 Å². The topological polar surface area (TPSA) is 32.3 Å². The van der Waals surface area contributed by atoms with E-state index in [-0.39, 0.29) is 6.61 Å². The molecule has 2 N–H and O–H groups in total. The predicted octanol–water partition coefficient (Wildman–Crippen LogP) is 4.38. The fourth-order valence-electron chi connectivity index (χ4n) is 2.77. The van der Waals surface area contributed by atoms with Gasteiger partial charge in [0.25, 0.3) is 0 Å². The highest BCUT2D eigenvalue weighted by Gasteiger charge is 2.22. The number of hydrogen-bond donors (Lipinski definition) is 2. The Hall–Kier alpha value is -0.590. The molecule has 2 nitrogen and oxygen atoms in total. The largest absolute Gasteiger partial charge is 0.396 e. The van der Waals surface area contributed by atoms with Crippen LogP contribution in [0.3, 0.4) is 0 Å². The molecule has 1 aromatic carbocycles. The molecule has 1 aliphatic rings. The summed E-state index contributed by atoms with van der Waals surface area (Å²) in [5.74, 6) is 0. The van der Waals surface area contributed by atoms with Crippen molar-refractivity contribution >= 4 is 39.6 Å². The van der Waals surface area contributed by atoms with Gasteiger partial charge < -0.3 is 10.4 Å². The van der Waals surface area contributed by atoms with E-state index in [1.165, 1.54) is 39.0 Å². The van der Waals surface area contributed by atoms with Crippen molar-refractivity contribution in [2.45, 2.75) is 31.7 Å². The van der Waals surface area contributed by atoms with Gasteiger partial charge in [-0.15, -0.1) is 11.3 Å². The molecule has 1 aromatic heterocycles. The van der Waals surface area contributed by atoms with Crippen molar-refractivity contribution in [1.29, 1.82) is 0 Å². The number of thiophene rings is 1. The standard InChI is InChI=1S/C16H18INOS/c17-16-10-13-14(2-1-3-15(13)20-16)18-12-6-4-11(5-7-12)8-9-19/h4-7,10,14,18-19H,1-3,8-9H2. The summed E-state index contributed by atoms with van der Waals surface area (Å²) in [5.41, 5.74) is 3.85. The molecule has 0 spiro atoms. The summed E-state index contributed by atoms with van der Waals surface area (Å²) >= 11 is 4.35. The van der Waals surface area contributed by atoms with Gasteiger partial charge in [0.05, 0.1) is 8.93 Å². The van der Waals surface area contributed by atoms with Gasteiger partial charge in [-0.2, -0.15) is 0 Å². The minimum Gasteiger partial charge on any atom is -0.396 e. The molecule has 3 rings (SSSR count). The van der Waals surface area contributed by atoms with Gasteiger partial charge in [0.1, 0.15) is 0 Å². The molecule has 0 aliphatic heterocycles. The van der Waals surface area contributed by atoms with Gasteiger partial charge in [0, 0.05) is 17.2 Å². The zero-order chi connectivity index (χ0) is 13.9. The second-order valence-corrected chi connectivity index (χ2v) is 8.22. The van der Waals surface area contributed by atoms with Gasteiger partial charge in [0.15, 0.2) is 0 Å². The highest BCUT2D eigenvalue weighted by Crippen LogP contribution is 2.38. The molecule has 1 heterocycles. The summed E-state index contributed by atoms with van der Waals surface area (Å²) in [6, 6.07) is 11.2. The van der Waals surface area contributed by atoms with E-state index in [1.54, 1.807) is 4.88 Å². The van der Waals surface area contributed by atoms with Crippen molar-refractivity contribution in [3.8, 4) is 0 Å². The molecule has 0 radical (unpaired) electrons. The molecule has 1 atom stereocenters. The summed E-state index contributed by atoms with van der Waals surface area (Å²) in [5, 5.41) is 12.6. The molecule has 0 amide bonds. The number of aliphatic hydroxyl groups excluding tert-OH is 1. The van der Waals surface area contributed by atoms with Crippen LogP contribution in [-0.2, 0) is 12.8 Å². The van der Waals surface area contributed by atoms with Gasteiger partial charge >= 0.3 is 0 Å². The van der Waals surface area contributed by atoms with Crippen LogP contribution in [0, 0.1) is 2.88 Å². The second-order valence-electron chi connectivity index (χ2n) is 5.19. The number of halogens is 1. The van der Waals surface area contributed by atoms with Crippen molar-refractivity contribution in [2.24, 2.45) is 0 Å². The zero-order valence-electron chi connectivity index (χ0n) is 11.2. The van der Waals surface area contributed by atoms with E-state index in [4.69, 9.17) is 5.11 Å². The van der Waals surface area contributed by atoms with Crippen molar-refractivity contribution in [3.05, 3.63) is 49.2 Å². The maximum absolute atomic E-state index is 8.95. The quantitative estimate of drug-likeness (QED) is 0.749. The third-order valence-electron chi connectivity index (χ3n) is 3.78. The Bertz CT molecular complexity index is 579. The Morgan fingerprint density at radius 1 is 1.30 bits per heavy atom. The van der Waals surface area contributed by atoms with Crippen molar-refractivity contribution in [3.63, 3.8) is 0 Å². The van der Waals surface area contributed by atoms with Crippen LogP contribution in [0.2, 0.25) is 0 Å². The molecule has 0 bridgehead atoms. The monoisotopic (exact) mass is 399 g/mol. The van der Waals surface area contributed by atoms with Crippen molar-refractivity contribution < 1.29 is 5.11 Å². The number of benzene rings is 1. The average Bonchev–Trinajstić information content (AvgIpc) is 2.83. The molecule has 2 aromatic rings. The smallest absolute Gasteiger partial charge is 0.0660 e.